The third kappa shape index (κ3) is 4.91. The van der Waals surface area contributed by atoms with E-state index in [1.807, 2.05) is 6.07 Å². The van der Waals surface area contributed by atoms with Gasteiger partial charge in [-0.3, -0.25) is 0 Å². The molecule has 6 bridgehead atoms. The Hall–Kier alpha value is -8.77. The van der Waals surface area contributed by atoms with E-state index >= 15 is 0 Å². The Kier molecular flexibility index (Phi) is 7.60. The van der Waals surface area contributed by atoms with Gasteiger partial charge < -0.3 is 4.42 Å². The SMILES string of the molecule is c1ccc(C2(c3ccc4c(c3)-c3ccccc3C43c4ccccc4-c4ccccc43)c3cccc(c3)-c3nc(-c4ccc5c(c4)sc4ccccc45)nc(n3)-c3cccc4oc5ccc2cc5c34)cc1. The monoisotopic (exact) mass is 907 g/mol. The highest BCUT2D eigenvalue weighted by atomic mass is 32.1. The molecule has 1 atom stereocenters. The Morgan fingerprint density at radius 2 is 0.886 bits per heavy atom. The Bertz CT molecular complexity index is 4350. The zero-order valence-electron chi connectivity index (χ0n) is 37.5. The molecule has 3 aromatic heterocycles. The fourth-order valence-corrected chi connectivity index (χ4v) is 13.9. The van der Waals surface area contributed by atoms with Crippen molar-refractivity contribution in [3.8, 4) is 56.4 Å². The maximum absolute atomic E-state index is 6.75. The molecular formula is C65H37N3OS. The van der Waals surface area contributed by atoms with Crippen molar-refractivity contribution in [1.29, 1.82) is 0 Å². The van der Waals surface area contributed by atoms with Gasteiger partial charge in [0, 0.05) is 47.6 Å². The number of rotatable bonds is 3. The van der Waals surface area contributed by atoms with Crippen LogP contribution in [0.1, 0.15) is 44.5 Å². The predicted octanol–water partition coefficient (Wildman–Crippen LogP) is 16.2. The Morgan fingerprint density at radius 3 is 1.67 bits per heavy atom. The minimum atomic E-state index is -0.806. The van der Waals surface area contributed by atoms with Crippen molar-refractivity contribution in [2.45, 2.75) is 10.8 Å². The van der Waals surface area contributed by atoms with Crippen molar-refractivity contribution in [3.63, 3.8) is 0 Å². The van der Waals surface area contributed by atoms with Crippen LogP contribution in [0.2, 0.25) is 0 Å². The second-order valence-electron chi connectivity index (χ2n) is 19.0. The van der Waals surface area contributed by atoms with Crippen LogP contribution in [0.4, 0.5) is 0 Å². The van der Waals surface area contributed by atoms with E-state index in [9.17, 15) is 0 Å². The summed E-state index contributed by atoms with van der Waals surface area (Å²) in [7, 11) is 0. The first-order valence-electron chi connectivity index (χ1n) is 23.9. The van der Waals surface area contributed by atoms with Crippen LogP contribution in [-0.4, -0.2) is 15.0 Å². The van der Waals surface area contributed by atoms with Crippen molar-refractivity contribution in [1.82, 2.24) is 15.0 Å². The lowest BCUT2D eigenvalue weighted by molar-refractivity contribution is 0.668. The van der Waals surface area contributed by atoms with Gasteiger partial charge in [0.1, 0.15) is 11.2 Å². The summed E-state index contributed by atoms with van der Waals surface area (Å²) in [6, 6.07) is 82.7. The van der Waals surface area contributed by atoms with E-state index in [0.29, 0.717) is 17.5 Å². The van der Waals surface area contributed by atoms with E-state index in [4.69, 9.17) is 19.4 Å². The molecule has 1 spiro atoms. The molecule has 5 heteroatoms. The van der Waals surface area contributed by atoms with Gasteiger partial charge in [0.05, 0.1) is 10.8 Å². The van der Waals surface area contributed by atoms with Gasteiger partial charge in [-0.2, -0.15) is 0 Å². The van der Waals surface area contributed by atoms with Crippen LogP contribution in [0.5, 0.6) is 0 Å². The predicted molar refractivity (Wildman–Crippen MR) is 284 cm³/mol. The average Bonchev–Trinajstić information content (AvgIpc) is 4.16. The quantitative estimate of drug-likeness (QED) is 0.177. The lowest BCUT2D eigenvalue weighted by atomic mass is 9.64. The highest BCUT2D eigenvalue weighted by molar-refractivity contribution is 7.25. The van der Waals surface area contributed by atoms with E-state index in [-0.39, 0.29) is 0 Å². The maximum Gasteiger partial charge on any atom is 0.164 e. The molecule has 10 aromatic carbocycles. The fourth-order valence-electron chi connectivity index (χ4n) is 12.8. The number of aromatic nitrogens is 3. The molecule has 1 aliphatic heterocycles. The number of fused-ring (bicyclic) bond motifs is 20. The second kappa shape index (κ2) is 13.9. The van der Waals surface area contributed by atoms with Crippen molar-refractivity contribution < 1.29 is 4.42 Å². The van der Waals surface area contributed by atoms with E-state index in [0.717, 1.165) is 55.3 Å². The normalized spacial score (nSPS) is 15.6. The molecule has 4 heterocycles. The molecule has 324 valence electrons. The minimum absolute atomic E-state index is 0.454. The standard InChI is InChI=1S/C65H37N3OS/c1-2-15-40(16-3-1)64(42-29-32-55-50(36-42)46-20-6-10-25-54(46)65(55)52-23-8-4-18-44(52)45-19-5-9-24-53(45)65)41-17-12-14-38(34-41)61-66-62(39-28-31-48-47-21-7-11-27-58(47)70-59(48)35-39)68-63(67-61)49-22-13-26-57-60(49)51-37-43(64)30-33-56(51)69-57/h1-37H. The summed E-state index contributed by atoms with van der Waals surface area (Å²) in [5.74, 6) is 1.85. The molecule has 4 nitrogen and oxygen atoms in total. The minimum Gasteiger partial charge on any atom is -0.456 e. The Labute approximate surface area is 406 Å². The van der Waals surface area contributed by atoms with E-state index in [1.54, 1.807) is 11.3 Å². The molecule has 13 aromatic rings. The van der Waals surface area contributed by atoms with Crippen LogP contribution in [0.3, 0.4) is 0 Å². The zero-order chi connectivity index (χ0) is 45.7. The number of furan rings is 1. The molecule has 70 heavy (non-hydrogen) atoms. The first kappa shape index (κ1) is 38.2. The summed E-state index contributed by atoms with van der Waals surface area (Å²) < 4.78 is 9.22. The maximum atomic E-state index is 6.75. The van der Waals surface area contributed by atoms with Gasteiger partial charge in [0.2, 0.25) is 0 Å². The Morgan fingerprint density at radius 1 is 0.314 bits per heavy atom. The highest BCUT2D eigenvalue weighted by Gasteiger charge is 2.52. The van der Waals surface area contributed by atoms with Crippen LogP contribution in [0.25, 0.3) is 98.5 Å². The smallest absolute Gasteiger partial charge is 0.164 e. The lowest BCUT2D eigenvalue weighted by Gasteiger charge is -2.38. The first-order chi connectivity index (χ1) is 34.7. The van der Waals surface area contributed by atoms with E-state index in [1.165, 1.54) is 70.2 Å². The molecule has 2 aliphatic carbocycles. The van der Waals surface area contributed by atoms with Crippen LogP contribution >= 0.6 is 11.3 Å². The van der Waals surface area contributed by atoms with Gasteiger partial charge in [0.25, 0.3) is 0 Å². The Balaban J connectivity index is 0.998. The lowest BCUT2D eigenvalue weighted by Crippen LogP contribution is -2.31. The summed E-state index contributed by atoms with van der Waals surface area (Å²) >= 11 is 1.80. The zero-order valence-corrected chi connectivity index (χ0v) is 38.3. The highest BCUT2D eigenvalue weighted by Crippen LogP contribution is 2.63. The molecular weight excluding hydrogens is 871 g/mol. The average molecular weight is 908 g/mol. The van der Waals surface area contributed by atoms with Gasteiger partial charge in [-0.15, -0.1) is 11.3 Å². The van der Waals surface area contributed by atoms with Crippen molar-refractivity contribution in [2.24, 2.45) is 0 Å². The number of nitrogens with zero attached hydrogens (tertiary/aromatic N) is 3. The molecule has 0 saturated carbocycles. The van der Waals surface area contributed by atoms with Gasteiger partial charge in [-0.05, 0) is 109 Å². The second-order valence-corrected chi connectivity index (χ2v) is 20.0. The van der Waals surface area contributed by atoms with Gasteiger partial charge >= 0.3 is 0 Å². The van der Waals surface area contributed by atoms with Crippen LogP contribution in [0, 0.1) is 0 Å². The molecule has 16 rings (SSSR count). The molecule has 0 amide bonds. The van der Waals surface area contributed by atoms with E-state index < -0.39 is 10.8 Å². The molecule has 0 radical (unpaired) electrons. The number of thiophene rings is 1. The first-order valence-corrected chi connectivity index (χ1v) is 24.7. The summed E-state index contributed by atoms with van der Waals surface area (Å²) in [6.45, 7) is 0. The molecule has 0 fully saturated rings. The fraction of sp³-hybridized carbons (Fsp3) is 0.0308. The molecule has 3 aliphatic rings. The third-order valence-electron chi connectivity index (χ3n) is 15.6. The van der Waals surface area contributed by atoms with Crippen molar-refractivity contribution in [3.05, 3.63) is 269 Å². The van der Waals surface area contributed by atoms with Crippen LogP contribution in [0.15, 0.2) is 229 Å². The summed E-state index contributed by atoms with van der Waals surface area (Å²) in [4.78, 5) is 16.1. The number of benzene rings is 10. The number of hydrogen-bond donors (Lipinski definition) is 0. The summed E-state index contributed by atoms with van der Waals surface area (Å²) in [5, 5.41) is 4.50. The van der Waals surface area contributed by atoms with E-state index in [2.05, 4.69) is 218 Å². The van der Waals surface area contributed by atoms with Gasteiger partial charge in [-0.1, -0.05) is 182 Å². The summed E-state index contributed by atoms with van der Waals surface area (Å²) in [6.07, 6.45) is 0. The molecule has 1 unspecified atom stereocenters. The van der Waals surface area contributed by atoms with Gasteiger partial charge in [-0.25, -0.2) is 15.0 Å². The number of hydrogen-bond acceptors (Lipinski definition) is 5. The topological polar surface area (TPSA) is 51.8 Å². The summed E-state index contributed by atoms with van der Waals surface area (Å²) in [5.41, 5.74) is 18.1. The third-order valence-corrected chi connectivity index (χ3v) is 16.8. The largest absolute Gasteiger partial charge is 0.456 e. The van der Waals surface area contributed by atoms with Crippen molar-refractivity contribution >= 4 is 53.4 Å². The van der Waals surface area contributed by atoms with Crippen LogP contribution < -0.4 is 0 Å². The van der Waals surface area contributed by atoms with Crippen molar-refractivity contribution in [2.75, 3.05) is 0 Å². The molecule has 0 N–H and O–H groups in total. The molecule has 0 saturated heterocycles. The van der Waals surface area contributed by atoms with Crippen LogP contribution in [-0.2, 0) is 10.8 Å². The van der Waals surface area contributed by atoms with Gasteiger partial charge in [0.15, 0.2) is 17.5 Å².